The summed E-state index contributed by atoms with van der Waals surface area (Å²) < 4.78 is 0. The van der Waals surface area contributed by atoms with Crippen LogP contribution in [0.5, 0.6) is 0 Å². The van der Waals surface area contributed by atoms with Crippen LogP contribution in [0.3, 0.4) is 0 Å². The largest absolute Gasteiger partial charge is 0.481 e. The molecular weight excluding hydrogens is 364 g/mol. The second-order valence-corrected chi connectivity index (χ2v) is 8.99. The van der Waals surface area contributed by atoms with Gasteiger partial charge in [0, 0.05) is 10.3 Å². The van der Waals surface area contributed by atoms with E-state index in [2.05, 4.69) is 17.8 Å². The lowest BCUT2D eigenvalue weighted by Gasteiger charge is -2.41. The molecule has 5 atom stereocenters. The summed E-state index contributed by atoms with van der Waals surface area (Å²) in [6.45, 7) is 2.22. The Morgan fingerprint density at radius 1 is 1.07 bits per heavy atom. The first-order valence-electron chi connectivity index (χ1n) is 9.56. The molecule has 2 amide bonds. The molecule has 2 bridgehead atoms. The molecule has 0 aliphatic heterocycles. The minimum absolute atomic E-state index is 0.0802. The third-order valence-corrected chi connectivity index (χ3v) is 7.33. The Bertz CT molecular complexity index is 815. The molecule has 1 aromatic rings. The molecule has 1 aromatic heterocycles. The maximum absolute atomic E-state index is 12.7. The number of nitrogens with one attached hydrogen (secondary N) is 2. The fourth-order valence-electron chi connectivity index (χ4n) is 4.83. The van der Waals surface area contributed by atoms with Crippen molar-refractivity contribution in [3.63, 3.8) is 0 Å². The minimum atomic E-state index is -0.943. The topological polar surface area (TPSA) is 95.5 Å². The number of carboxylic acids is 1. The van der Waals surface area contributed by atoms with Crippen LogP contribution in [-0.2, 0) is 22.4 Å². The Balaban J connectivity index is 1.43. The first-order valence-corrected chi connectivity index (χ1v) is 10.4. The smallest absolute Gasteiger partial charge is 0.307 e. The fraction of sp³-hybridized carbons (Fsp3) is 0.550. The molecule has 4 aliphatic carbocycles. The molecule has 0 saturated heterocycles. The third-order valence-electron chi connectivity index (χ3n) is 6.28. The Kier molecular flexibility index (Phi) is 4.80. The lowest BCUT2D eigenvalue weighted by Crippen LogP contribution is -2.53. The Hall–Kier alpha value is -2.15. The van der Waals surface area contributed by atoms with E-state index < -0.39 is 23.7 Å². The van der Waals surface area contributed by atoms with E-state index in [-0.39, 0.29) is 17.7 Å². The second-order valence-electron chi connectivity index (χ2n) is 8.02. The molecule has 3 N–H and O–H groups in total. The van der Waals surface area contributed by atoms with Crippen LogP contribution in [0.15, 0.2) is 17.5 Å². The maximum atomic E-state index is 12.7. The zero-order valence-electron chi connectivity index (χ0n) is 15.2. The van der Waals surface area contributed by atoms with Crippen molar-refractivity contribution in [3.8, 4) is 0 Å². The van der Waals surface area contributed by atoms with Crippen molar-refractivity contribution in [3.05, 3.63) is 33.5 Å². The number of hydrogen-bond donors (Lipinski definition) is 3. The van der Waals surface area contributed by atoms with Gasteiger partial charge in [-0.2, -0.15) is 0 Å². The number of amides is 2. The summed E-state index contributed by atoms with van der Waals surface area (Å²) in [5.41, 5.74) is 6.73. The van der Waals surface area contributed by atoms with Crippen LogP contribution in [0.2, 0.25) is 0 Å². The highest BCUT2D eigenvalue weighted by Gasteiger charge is 2.48. The first kappa shape index (κ1) is 18.2. The number of allylic oxidation sites excluding steroid dienone is 2. The van der Waals surface area contributed by atoms with E-state index in [1.807, 2.05) is 17.5 Å². The van der Waals surface area contributed by atoms with Crippen LogP contribution in [0.25, 0.3) is 0 Å². The lowest BCUT2D eigenvalue weighted by atomic mass is 9.62. The number of rotatable bonds is 3. The normalized spacial score (nSPS) is 31.2. The maximum Gasteiger partial charge on any atom is 0.307 e. The van der Waals surface area contributed by atoms with Gasteiger partial charge in [-0.1, -0.05) is 19.1 Å². The molecule has 0 aromatic carbocycles. The van der Waals surface area contributed by atoms with E-state index >= 15 is 0 Å². The van der Waals surface area contributed by atoms with Gasteiger partial charge in [-0.3, -0.25) is 25.2 Å². The van der Waals surface area contributed by atoms with Gasteiger partial charge in [0.25, 0.3) is 5.91 Å². The molecule has 144 valence electrons. The third kappa shape index (κ3) is 3.29. The van der Waals surface area contributed by atoms with E-state index in [0.29, 0.717) is 11.5 Å². The van der Waals surface area contributed by atoms with Gasteiger partial charge >= 0.3 is 5.97 Å². The van der Waals surface area contributed by atoms with Crippen molar-refractivity contribution in [2.45, 2.75) is 39.0 Å². The number of fused-ring (bicyclic) bond motifs is 3. The van der Waals surface area contributed by atoms with Gasteiger partial charge in [-0.05, 0) is 55.4 Å². The first-order chi connectivity index (χ1) is 13.0. The van der Waals surface area contributed by atoms with Gasteiger partial charge < -0.3 is 5.11 Å². The summed E-state index contributed by atoms with van der Waals surface area (Å²) >= 11 is 1.60. The average molecular weight is 388 g/mol. The van der Waals surface area contributed by atoms with Gasteiger partial charge in [0.2, 0.25) is 5.91 Å². The average Bonchev–Trinajstić information content (AvgIpc) is 3.08. The molecule has 1 saturated carbocycles. The summed E-state index contributed by atoms with van der Waals surface area (Å²) in [5.74, 6) is -2.58. The van der Waals surface area contributed by atoms with E-state index in [9.17, 15) is 19.5 Å². The van der Waals surface area contributed by atoms with Crippen molar-refractivity contribution < 1.29 is 19.5 Å². The molecule has 1 fully saturated rings. The number of carboxylic acid groups (broad SMARTS) is 1. The monoisotopic (exact) mass is 388 g/mol. The minimum Gasteiger partial charge on any atom is -0.481 e. The quantitative estimate of drug-likeness (QED) is 0.548. The molecule has 7 heteroatoms. The highest BCUT2D eigenvalue weighted by atomic mass is 32.1. The number of hydrazine groups is 1. The predicted molar refractivity (Wildman–Crippen MR) is 101 cm³/mol. The van der Waals surface area contributed by atoms with Gasteiger partial charge in [0.15, 0.2) is 0 Å². The zero-order valence-corrected chi connectivity index (χ0v) is 16.1. The molecule has 0 radical (unpaired) electrons. The predicted octanol–water partition coefficient (Wildman–Crippen LogP) is 2.55. The molecule has 0 spiro atoms. The number of carbonyl (C=O) groups is 3. The number of hydrogen-bond acceptors (Lipinski definition) is 4. The van der Waals surface area contributed by atoms with Crippen LogP contribution in [-0.4, -0.2) is 22.9 Å². The van der Waals surface area contributed by atoms with E-state index in [1.54, 1.807) is 11.3 Å². The van der Waals surface area contributed by atoms with E-state index in [0.717, 1.165) is 37.7 Å². The lowest BCUT2D eigenvalue weighted by molar-refractivity contribution is -0.153. The molecule has 1 heterocycles. The van der Waals surface area contributed by atoms with Crippen LogP contribution >= 0.6 is 11.3 Å². The van der Waals surface area contributed by atoms with Crippen LogP contribution in [0, 0.1) is 29.6 Å². The van der Waals surface area contributed by atoms with Crippen molar-refractivity contribution in [1.82, 2.24) is 10.9 Å². The summed E-state index contributed by atoms with van der Waals surface area (Å²) in [6.07, 6.45) is 8.44. The van der Waals surface area contributed by atoms with Gasteiger partial charge in [0.05, 0.1) is 17.4 Å². The van der Waals surface area contributed by atoms with Crippen molar-refractivity contribution in [2.75, 3.05) is 0 Å². The van der Waals surface area contributed by atoms with Crippen LogP contribution < -0.4 is 10.9 Å². The van der Waals surface area contributed by atoms with Crippen molar-refractivity contribution in [2.24, 2.45) is 29.6 Å². The molecular formula is C20H24N2O4S. The number of aliphatic carboxylic acids is 1. The standard InChI is InChI=1S/C20H24N2O4S/c1-10-2-7-13-14(9-27-15(13)8-10)18(23)21-22-19(24)16-11-3-5-12(6-4-11)17(16)20(25)26/h3,5,9-12,16-17H,2,4,6-8H2,1H3,(H,21,23)(H,22,24)(H,25,26)/t10-,11-,12-,16+,17-/m0/s1. The number of carbonyl (C=O) groups excluding carboxylic acids is 2. The summed E-state index contributed by atoms with van der Waals surface area (Å²) in [4.78, 5) is 38.2. The molecule has 0 unspecified atom stereocenters. The SMILES string of the molecule is C[C@H]1CCc2c(C(=O)NNC(=O)[C@H]3[C@@H](C(=O)O)[C@H]4C=C[C@H]3CC4)csc2C1. The Morgan fingerprint density at radius 2 is 1.78 bits per heavy atom. The van der Waals surface area contributed by atoms with Crippen molar-refractivity contribution in [1.29, 1.82) is 0 Å². The Labute approximate surface area is 162 Å². The molecule has 4 aliphatic rings. The van der Waals surface area contributed by atoms with Gasteiger partial charge in [-0.15, -0.1) is 11.3 Å². The Morgan fingerprint density at radius 3 is 2.44 bits per heavy atom. The highest BCUT2D eigenvalue weighted by Crippen LogP contribution is 2.45. The highest BCUT2D eigenvalue weighted by molar-refractivity contribution is 7.10. The van der Waals surface area contributed by atoms with Gasteiger partial charge in [0.1, 0.15) is 0 Å². The zero-order chi connectivity index (χ0) is 19.1. The number of thiophene rings is 1. The van der Waals surface area contributed by atoms with Gasteiger partial charge in [-0.25, -0.2) is 0 Å². The van der Waals surface area contributed by atoms with Crippen molar-refractivity contribution >= 4 is 29.1 Å². The molecule has 5 rings (SSSR count). The van der Waals surface area contributed by atoms with E-state index in [4.69, 9.17) is 0 Å². The second kappa shape index (κ2) is 7.11. The van der Waals surface area contributed by atoms with Crippen LogP contribution in [0.1, 0.15) is 47.0 Å². The molecule has 27 heavy (non-hydrogen) atoms. The summed E-state index contributed by atoms with van der Waals surface area (Å²) in [7, 11) is 0. The fourth-order valence-corrected chi connectivity index (χ4v) is 6.07. The van der Waals surface area contributed by atoms with E-state index in [1.165, 1.54) is 4.88 Å². The summed E-state index contributed by atoms with van der Waals surface area (Å²) in [5, 5.41) is 11.4. The van der Waals surface area contributed by atoms with Crippen LogP contribution in [0.4, 0.5) is 0 Å². The molecule has 6 nitrogen and oxygen atoms in total. The summed E-state index contributed by atoms with van der Waals surface area (Å²) in [6, 6.07) is 0.